The molecule has 0 bridgehead atoms. The lowest BCUT2D eigenvalue weighted by atomic mass is 9.97. The lowest BCUT2D eigenvalue weighted by Gasteiger charge is -2.35. The third-order valence-electron chi connectivity index (χ3n) is 6.18. The van der Waals surface area contributed by atoms with Crippen LogP contribution in [0, 0.1) is 13.8 Å². The number of nitrogens with zero attached hydrogens (tertiary/aromatic N) is 3. The average molecular weight is 388 g/mol. The van der Waals surface area contributed by atoms with Crippen molar-refractivity contribution in [1.82, 2.24) is 15.0 Å². The molecule has 2 aromatic heterocycles. The van der Waals surface area contributed by atoms with E-state index in [1.54, 1.807) is 11.3 Å². The molecule has 146 valence electrons. The highest BCUT2D eigenvalue weighted by molar-refractivity contribution is 7.10. The molecule has 0 unspecified atom stereocenters. The molecule has 2 aromatic rings. The summed E-state index contributed by atoms with van der Waals surface area (Å²) in [5.74, 6) is 1.18. The molecule has 0 radical (unpaired) electrons. The van der Waals surface area contributed by atoms with Crippen LogP contribution in [-0.2, 0) is 19.5 Å². The Hall–Kier alpha value is -1.66. The van der Waals surface area contributed by atoms with Crippen LogP contribution in [0.15, 0.2) is 9.90 Å². The lowest BCUT2D eigenvalue weighted by molar-refractivity contribution is 0.0606. The molecule has 0 aliphatic carbocycles. The summed E-state index contributed by atoms with van der Waals surface area (Å²) in [6.07, 6.45) is 5.55. The first-order valence-corrected chi connectivity index (χ1v) is 11.0. The minimum atomic E-state index is 0.262. The van der Waals surface area contributed by atoms with E-state index in [9.17, 15) is 4.79 Å². The Morgan fingerprint density at radius 2 is 2.19 bits per heavy atom. The normalized spacial score (nSPS) is 20.7. The Bertz CT molecular complexity index is 806. The highest BCUT2D eigenvalue weighted by Gasteiger charge is 2.31. The first-order valence-electron chi connectivity index (χ1n) is 10.1. The molecular weight excluding hydrogens is 358 g/mol. The van der Waals surface area contributed by atoms with E-state index in [1.165, 1.54) is 22.4 Å². The van der Waals surface area contributed by atoms with Gasteiger partial charge in [-0.1, -0.05) is 12.1 Å². The van der Waals surface area contributed by atoms with Crippen molar-refractivity contribution in [3.05, 3.63) is 38.4 Å². The highest BCUT2D eigenvalue weighted by atomic mass is 32.1. The van der Waals surface area contributed by atoms with Crippen molar-refractivity contribution < 1.29 is 9.32 Å². The summed E-state index contributed by atoms with van der Waals surface area (Å²) in [6, 6.07) is 0.418. The molecule has 4 heterocycles. The lowest BCUT2D eigenvalue weighted by Crippen LogP contribution is -2.43. The van der Waals surface area contributed by atoms with Gasteiger partial charge in [-0.05, 0) is 51.5 Å². The smallest absolute Gasteiger partial charge is 0.255 e. The van der Waals surface area contributed by atoms with E-state index in [0.717, 1.165) is 68.9 Å². The van der Waals surface area contributed by atoms with Gasteiger partial charge in [0.25, 0.3) is 5.91 Å². The van der Waals surface area contributed by atoms with E-state index in [4.69, 9.17) is 4.52 Å². The molecule has 1 fully saturated rings. The summed E-state index contributed by atoms with van der Waals surface area (Å²) in [7, 11) is 0. The molecule has 1 saturated heterocycles. The van der Waals surface area contributed by atoms with Gasteiger partial charge in [0, 0.05) is 48.0 Å². The third-order valence-corrected chi connectivity index (χ3v) is 7.19. The Morgan fingerprint density at radius 3 is 2.93 bits per heavy atom. The van der Waals surface area contributed by atoms with E-state index in [1.807, 2.05) is 13.8 Å². The van der Waals surface area contributed by atoms with Crippen molar-refractivity contribution >= 4 is 17.2 Å². The Morgan fingerprint density at radius 1 is 1.33 bits per heavy atom. The molecule has 1 amide bonds. The maximum absolute atomic E-state index is 13.2. The number of carbonyl (C=O) groups excluding carboxylic acids is 1. The summed E-state index contributed by atoms with van der Waals surface area (Å²) in [6.45, 7) is 9.86. The number of aryl methyl sites for hydroxylation is 2. The van der Waals surface area contributed by atoms with E-state index in [0.29, 0.717) is 6.04 Å². The second-order valence-corrected chi connectivity index (χ2v) is 8.84. The van der Waals surface area contributed by atoms with Gasteiger partial charge < -0.3 is 9.42 Å². The summed E-state index contributed by atoms with van der Waals surface area (Å²) in [4.78, 5) is 19.2. The van der Waals surface area contributed by atoms with Gasteiger partial charge in [-0.15, -0.1) is 11.3 Å². The number of hydrogen-bond acceptors (Lipinski definition) is 5. The van der Waals surface area contributed by atoms with Crippen LogP contribution >= 0.6 is 11.3 Å². The fourth-order valence-electron chi connectivity index (χ4n) is 4.49. The SMILES string of the molecule is CC[C@@H]1CCCCN1C(=O)c1csc2c1CCN(Cc1c(C)noc1C)C2. The van der Waals surface area contributed by atoms with Gasteiger partial charge in [0.05, 0.1) is 11.3 Å². The van der Waals surface area contributed by atoms with Crippen LogP contribution in [0.25, 0.3) is 0 Å². The van der Waals surface area contributed by atoms with Crippen molar-refractivity contribution in [2.24, 2.45) is 0 Å². The molecule has 0 aromatic carbocycles. The third kappa shape index (κ3) is 3.57. The topological polar surface area (TPSA) is 49.6 Å². The average Bonchev–Trinajstić information content (AvgIpc) is 3.25. The van der Waals surface area contributed by atoms with Crippen molar-refractivity contribution in [3.8, 4) is 0 Å². The second-order valence-electron chi connectivity index (χ2n) is 7.87. The second kappa shape index (κ2) is 7.76. The monoisotopic (exact) mass is 387 g/mol. The molecule has 0 saturated carbocycles. The molecule has 27 heavy (non-hydrogen) atoms. The molecule has 5 nitrogen and oxygen atoms in total. The molecule has 2 aliphatic rings. The Kier molecular flexibility index (Phi) is 5.37. The molecule has 1 atom stereocenters. The van der Waals surface area contributed by atoms with Crippen molar-refractivity contribution in [2.75, 3.05) is 13.1 Å². The predicted octanol–water partition coefficient (Wildman–Crippen LogP) is 4.32. The van der Waals surface area contributed by atoms with Gasteiger partial charge in [0.15, 0.2) is 0 Å². The van der Waals surface area contributed by atoms with Gasteiger partial charge in [-0.25, -0.2) is 0 Å². The fraction of sp³-hybridized carbons (Fsp3) is 0.619. The van der Waals surface area contributed by atoms with Crippen LogP contribution in [0.4, 0.5) is 0 Å². The van der Waals surface area contributed by atoms with E-state index in [-0.39, 0.29) is 5.91 Å². The number of aromatic nitrogens is 1. The van der Waals surface area contributed by atoms with E-state index < -0.39 is 0 Å². The van der Waals surface area contributed by atoms with Crippen LogP contribution in [0.3, 0.4) is 0 Å². The zero-order valence-corrected chi connectivity index (χ0v) is 17.4. The van der Waals surface area contributed by atoms with E-state index in [2.05, 4.69) is 27.3 Å². The van der Waals surface area contributed by atoms with Crippen LogP contribution in [-0.4, -0.2) is 40.0 Å². The van der Waals surface area contributed by atoms with Crippen LogP contribution in [0.1, 0.15) is 70.4 Å². The molecule has 0 N–H and O–H groups in total. The fourth-order valence-corrected chi connectivity index (χ4v) is 5.61. The summed E-state index contributed by atoms with van der Waals surface area (Å²) in [5.41, 5.74) is 4.44. The van der Waals surface area contributed by atoms with Crippen LogP contribution < -0.4 is 0 Å². The first kappa shape index (κ1) is 18.7. The standard InChI is InChI=1S/C21H29N3O2S/c1-4-16-7-5-6-9-24(16)21(25)19-13-27-20-12-23(10-8-17(19)20)11-18-14(2)22-26-15(18)3/h13,16H,4-12H2,1-3H3/t16-/m1/s1. The van der Waals surface area contributed by atoms with Gasteiger partial charge in [-0.2, -0.15) is 0 Å². The van der Waals surface area contributed by atoms with Gasteiger partial charge in [0.1, 0.15) is 5.76 Å². The van der Waals surface area contributed by atoms with Gasteiger partial charge >= 0.3 is 0 Å². The number of piperidine rings is 1. The number of likely N-dealkylation sites (tertiary alicyclic amines) is 1. The maximum Gasteiger partial charge on any atom is 0.255 e. The Labute approximate surface area is 165 Å². The van der Waals surface area contributed by atoms with Crippen molar-refractivity contribution in [1.29, 1.82) is 0 Å². The highest BCUT2D eigenvalue weighted by Crippen LogP contribution is 2.32. The summed E-state index contributed by atoms with van der Waals surface area (Å²) < 4.78 is 5.31. The molecular formula is C21H29N3O2S. The maximum atomic E-state index is 13.2. The number of fused-ring (bicyclic) bond motifs is 1. The predicted molar refractivity (Wildman–Crippen MR) is 107 cm³/mol. The minimum Gasteiger partial charge on any atom is -0.361 e. The molecule has 2 aliphatic heterocycles. The number of hydrogen-bond donors (Lipinski definition) is 0. The van der Waals surface area contributed by atoms with Crippen molar-refractivity contribution in [2.45, 2.75) is 72.0 Å². The van der Waals surface area contributed by atoms with Crippen LogP contribution in [0.5, 0.6) is 0 Å². The number of rotatable bonds is 4. The summed E-state index contributed by atoms with van der Waals surface area (Å²) >= 11 is 1.75. The number of carbonyl (C=O) groups is 1. The van der Waals surface area contributed by atoms with E-state index >= 15 is 0 Å². The number of amides is 1. The zero-order valence-electron chi connectivity index (χ0n) is 16.6. The minimum absolute atomic E-state index is 0.262. The van der Waals surface area contributed by atoms with Crippen molar-refractivity contribution in [3.63, 3.8) is 0 Å². The van der Waals surface area contributed by atoms with Crippen LogP contribution in [0.2, 0.25) is 0 Å². The molecule has 6 heteroatoms. The van der Waals surface area contributed by atoms with Gasteiger partial charge in [-0.3, -0.25) is 9.69 Å². The first-order chi connectivity index (χ1) is 13.1. The molecule has 4 rings (SSSR count). The quantitative estimate of drug-likeness (QED) is 0.784. The number of thiophene rings is 1. The summed E-state index contributed by atoms with van der Waals surface area (Å²) in [5, 5.41) is 6.18. The Balaban J connectivity index is 1.49. The molecule has 0 spiro atoms. The largest absolute Gasteiger partial charge is 0.361 e. The van der Waals surface area contributed by atoms with Gasteiger partial charge in [0.2, 0.25) is 0 Å². The zero-order chi connectivity index (χ0) is 19.0.